The summed E-state index contributed by atoms with van der Waals surface area (Å²) in [6.07, 6.45) is 2.81. The van der Waals surface area contributed by atoms with E-state index in [2.05, 4.69) is 5.32 Å². The van der Waals surface area contributed by atoms with Crippen LogP contribution in [0.1, 0.15) is 26.2 Å². The second-order valence-electron chi connectivity index (χ2n) is 5.82. The van der Waals surface area contributed by atoms with E-state index in [4.69, 9.17) is 4.74 Å². The molecule has 2 heterocycles. The van der Waals surface area contributed by atoms with E-state index in [0.717, 1.165) is 25.8 Å². The van der Waals surface area contributed by atoms with Gasteiger partial charge in [-0.1, -0.05) is 0 Å². The lowest BCUT2D eigenvalue weighted by molar-refractivity contribution is 0.0745. The molecule has 6 nitrogen and oxygen atoms in total. The molecule has 0 aromatic carbocycles. The first-order valence-electron chi connectivity index (χ1n) is 7.55. The molecule has 2 aliphatic heterocycles. The Morgan fingerprint density at radius 2 is 1.90 bits per heavy atom. The summed E-state index contributed by atoms with van der Waals surface area (Å²) in [5.74, 6) is 0.421. The molecule has 118 valence electrons. The Hall–Kier alpha value is -0.210. The molecule has 1 N–H and O–H groups in total. The number of hydrogen-bond donors (Lipinski definition) is 1. The molecule has 2 unspecified atom stereocenters. The zero-order valence-corrected chi connectivity index (χ0v) is 13.4. The monoisotopic (exact) mass is 305 g/mol. The van der Waals surface area contributed by atoms with Crippen LogP contribution in [0.25, 0.3) is 0 Å². The van der Waals surface area contributed by atoms with E-state index in [0.29, 0.717) is 38.7 Å². The highest BCUT2D eigenvalue weighted by Gasteiger charge is 2.34. The van der Waals surface area contributed by atoms with E-state index in [-0.39, 0.29) is 6.10 Å². The number of hydrogen-bond acceptors (Lipinski definition) is 4. The Morgan fingerprint density at radius 3 is 2.65 bits per heavy atom. The second-order valence-corrected chi connectivity index (χ2v) is 7.75. The summed E-state index contributed by atoms with van der Waals surface area (Å²) in [6.45, 7) is 5.79. The summed E-state index contributed by atoms with van der Waals surface area (Å²) >= 11 is 0. The Labute approximate surface area is 122 Å². The topological polar surface area (TPSA) is 61.9 Å². The summed E-state index contributed by atoms with van der Waals surface area (Å²) in [5.41, 5.74) is 0. The van der Waals surface area contributed by atoms with Crippen molar-refractivity contribution in [3.8, 4) is 0 Å². The Bertz CT molecular complexity index is 400. The van der Waals surface area contributed by atoms with Crippen molar-refractivity contribution < 1.29 is 13.2 Å². The lowest BCUT2D eigenvalue weighted by atomic mass is 10.00. The van der Waals surface area contributed by atoms with Gasteiger partial charge in [0.15, 0.2) is 0 Å². The fraction of sp³-hybridized carbons (Fsp3) is 1.00. The first kappa shape index (κ1) is 16.2. The van der Waals surface area contributed by atoms with Gasteiger partial charge in [0.25, 0.3) is 10.2 Å². The third-order valence-corrected chi connectivity index (χ3v) is 6.01. The largest absolute Gasteiger partial charge is 0.377 e. The highest BCUT2D eigenvalue weighted by molar-refractivity contribution is 7.86. The van der Waals surface area contributed by atoms with Crippen LogP contribution in [0.2, 0.25) is 0 Å². The third kappa shape index (κ3) is 3.92. The molecular formula is C13H27N3O3S. The van der Waals surface area contributed by atoms with Gasteiger partial charge in [0.2, 0.25) is 0 Å². The van der Waals surface area contributed by atoms with Crippen LogP contribution in [0.15, 0.2) is 0 Å². The van der Waals surface area contributed by atoms with Crippen molar-refractivity contribution in [2.75, 3.05) is 46.4 Å². The molecule has 0 aromatic heterocycles. The summed E-state index contributed by atoms with van der Waals surface area (Å²) < 4.78 is 34.3. The van der Waals surface area contributed by atoms with Crippen molar-refractivity contribution in [2.24, 2.45) is 5.92 Å². The number of rotatable bonds is 4. The SMILES string of the molecule is CNCC1CCCN(S(=O)(=O)N2CCCOC(C)C2)C1. The van der Waals surface area contributed by atoms with Crippen molar-refractivity contribution in [3.05, 3.63) is 0 Å². The predicted octanol–water partition coefficient (Wildman–Crippen LogP) is 0.273. The zero-order chi connectivity index (χ0) is 14.6. The van der Waals surface area contributed by atoms with Crippen LogP contribution in [-0.4, -0.2) is 69.5 Å². The second kappa shape index (κ2) is 7.17. The minimum atomic E-state index is -3.33. The molecule has 0 amide bonds. The molecule has 0 saturated carbocycles. The van der Waals surface area contributed by atoms with Crippen LogP contribution < -0.4 is 5.32 Å². The van der Waals surface area contributed by atoms with Crippen molar-refractivity contribution in [1.82, 2.24) is 13.9 Å². The van der Waals surface area contributed by atoms with Gasteiger partial charge in [0.1, 0.15) is 0 Å². The van der Waals surface area contributed by atoms with Crippen LogP contribution in [-0.2, 0) is 14.9 Å². The Morgan fingerprint density at radius 1 is 1.20 bits per heavy atom. The molecule has 2 atom stereocenters. The average molecular weight is 305 g/mol. The molecule has 7 heteroatoms. The molecule has 2 saturated heterocycles. The summed E-state index contributed by atoms with van der Waals surface area (Å²) in [4.78, 5) is 0. The fourth-order valence-corrected chi connectivity index (χ4v) is 4.86. The molecule has 0 bridgehead atoms. The molecule has 0 aromatic rings. The van der Waals surface area contributed by atoms with Gasteiger partial charge in [-0.05, 0) is 45.7 Å². The molecule has 0 aliphatic carbocycles. The highest BCUT2D eigenvalue weighted by atomic mass is 32.2. The lowest BCUT2D eigenvalue weighted by Crippen LogP contribution is -2.50. The Kier molecular flexibility index (Phi) is 5.80. The Balaban J connectivity index is 2.04. The van der Waals surface area contributed by atoms with Crippen LogP contribution in [0.3, 0.4) is 0 Å². The first-order valence-corrected chi connectivity index (χ1v) is 8.95. The molecule has 2 rings (SSSR count). The maximum absolute atomic E-state index is 12.8. The normalized spacial score (nSPS) is 31.1. The van der Waals surface area contributed by atoms with Gasteiger partial charge in [-0.2, -0.15) is 17.0 Å². The van der Waals surface area contributed by atoms with E-state index in [1.807, 2.05) is 14.0 Å². The molecule has 2 aliphatic rings. The number of piperidine rings is 1. The van der Waals surface area contributed by atoms with Crippen LogP contribution in [0, 0.1) is 5.92 Å². The standard InChI is InChI=1S/C13H27N3O3S/c1-12-10-15(7-4-8-19-12)20(17,18)16-6-3-5-13(11-16)9-14-2/h12-14H,3-11H2,1-2H3. The number of nitrogens with one attached hydrogen (secondary N) is 1. The van der Waals surface area contributed by atoms with E-state index in [1.165, 1.54) is 0 Å². The maximum Gasteiger partial charge on any atom is 0.282 e. The minimum Gasteiger partial charge on any atom is -0.377 e. The maximum atomic E-state index is 12.8. The van der Waals surface area contributed by atoms with Crippen LogP contribution in [0.5, 0.6) is 0 Å². The third-order valence-electron chi connectivity index (χ3n) is 4.04. The zero-order valence-electron chi connectivity index (χ0n) is 12.5. The van der Waals surface area contributed by atoms with Gasteiger partial charge >= 0.3 is 0 Å². The van der Waals surface area contributed by atoms with E-state index in [1.54, 1.807) is 8.61 Å². The minimum absolute atomic E-state index is 0.0230. The van der Waals surface area contributed by atoms with Gasteiger partial charge in [0.05, 0.1) is 6.10 Å². The van der Waals surface area contributed by atoms with Gasteiger partial charge in [-0.25, -0.2) is 0 Å². The van der Waals surface area contributed by atoms with Gasteiger partial charge in [-0.15, -0.1) is 0 Å². The highest BCUT2D eigenvalue weighted by Crippen LogP contribution is 2.22. The quantitative estimate of drug-likeness (QED) is 0.810. The van der Waals surface area contributed by atoms with Crippen LogP contribution in [0.4, 0.5) is 0 Å². The summed E-state index contributed by atoms with van der Waals surface area (Å²) in [5, 5.41) is 3.15. The van der Waals surface area contributed by atoms with E-state index in [9.17, 15) is 8.42 Å². The number of nitrogens with zero attached hydrogens (tertiary/aromatic N) is 2. The van der Waals surface area contributed by atoms with Crippen molar-refractivity contribution >= 4 is 10.2 Å². The van der Waals surface area contributed by atoms with Gasteiger partial charge < -0.3 is 10.1 Å². The van der Waals surface area contributed by atoms with Crippen LogP contribution >= 0.6 is 0 Å². The summed E-state index contributed by atoms with van der Waals surface area (Å²) in [7, 11) is -1.42. The van der Waals surface area contributed by atoms with Gasteiger partial charge in [-0.3, -0.25) is 0 Å². The van der Waals surface area contributed by atoms with Crippen molar-refractivity contribution in [1.29, 1.82) is 0 Å². The molecule has 2 fully saturated rings. The molecular weight excluding hydrogens is 278 g/mol. The smallest absolute Gasteiger partial charge is 0.282 e. The lowest BCUT2D eigenvalue weighted by Gasteiger charge is -2.35. The fourth-order valence-electron chi connectivity index (χ4n) is 3.02. The predicted molar refractivity (Wildman–Crippen MR) is 78.7 cm³/mol. The van der Waals surface area contributed by atoms with Crippen molar-refractivity contribution in [3.63, 3.8) is 0 Å². The van der Waals surface area contributed by atoms with Crippen molar-refractivity contribution in [2.45, 2.75) is 32.3 Å². The van der Waals surface area contributed by atoms with E-state index >= 15 is 0 Å². The van der Waals surface area contributed by atoms with E-state index < -0.39 is 10.2 Å². The summed E-state index contributed by atoms with van der Waals surface area (Å²) in [6, 6.07) is 0. The molecule has 20 heavy (non-hydrogen) atoms. The molecule has 0 radical (unpaired) electrons. The average Bonchev–Trinajstić information content (AvgIpc) is 2.64. The molecule has 0 spiro atoms. The number of ether oxygens (including phenoxy) is 1. The first-order chi connectivity index (χ1) is 9.54. The van der Waals surface area contributed by atoms with Gasteiger partial charge in [0, 0.05) is 32.8 Å².